The van der Waals surface area contributed by atoms with Gasteiger partial charge < -0.3 is 5.11 Å². The van der Waals surface area contributed by atoms with Crippen LogP contribution >= 0.6 is 12.2 Å². The molecule has 0 atom stereocenters. The third-order valence-corrected chi connectivity index (χ3v) is 1.40. The summed E-state index contributed by atoms with van der Waals surface area (Å²) in [7, 11) is 0. The lowest BCUT2D eigenvalue weighted by Crippen LogP contribution is -2.18. The van der Waals surface area contributed by atoms with E-state index in [2.05, 4.69) is 17.5 Å². The highest BCUT2D eigenvalue weighted by Crippen LogP contribution is 1.95. The minimum absolute atomic E-state index is 0.00926. The molecule has 0 aromatic rings. The molecular weight excluding hydrogens is 206 g/mol. The lowest BCUT2D eigenvalue weighted by Gasteiger charge is -1.84. The van der Waals surface area contributed by atoms with Crippen LogP contribution < -0.4 is 5.32 Å². The van der Waals surface area contributed by atoms with Gasteiger partial charge in [-0.2, -0.15) is 0 Å². The zero-order chi connectivity index (χ0) is 11.1. The number of imide groups is 1. The Morgan fingerprint density at radius 1 is 1.43 bits per heavy atom. The highest BCUT2D eigenvalue weighted by atomic mass is 32.1. The molecule has 0 radical (unpaired) electrons. The molecule has 2 amide bonds. The van der Waals surface area contributed by atoms with Crippen LogP contribution in [0.15, 0.2) is 0 Å². The SMILES string of the molecule is CC(=O)CC(O)=S.O=C1CCC(=O)N1. The fourth-order valence-electron chi connectivity index (χ4n) is 0.721. The maximum atomic E-state index is 10.1. The highest BCUT2D eigenvalue weighted by molar-refractivity contribution is 7.80. The van der Waals surface area contributed by atoms with Crippen LogP contribution in [0.3, 0.4) is 0 Å². The van der Waals surface area contributed by atoms with Gasteiger partial charge in [-0.3, -0.25) is 19.7 Å². The van der Waals surface area contributed by atoms with E-state index in [-0.39, 0.29) is 29.1 Å². The molecular formula is C8H11NO4S. The number of hydrogen-bond acceptors (Lipinski definition) is 4. The van der Waals surface area contributed by atoms with Crippen molar-refractivity contribution in [2.75, 3.05) is 0 Å². The number of amides is 2. The van der Waals surface area contributed by atoms with Crippen LogP contribution in [0.2, 0.25) is 0 Å². The van der Waals surface area contributed by atoms with Gasteiger partial charge in [-0.1, -0.05) is 0 Å². The van der Waals surface area contributed by atoms with Gasteiger partial charge in [0, 0.05) is 12.8 Å². The molecule has 5 nitrogen and oxygen atoms in total. The van der Waals surface area contributed by atoms with E-state index < -0.39 is 0 Å². The van der Waals surface area contributed by atoms with Gasteiger partial charge in [0.2, 0.25) is 11.8 Å². The standard InChI is InChI=1S/C4H5NO2.C4H6O2S/c6-3-1-2-4(7)5-3;1-3(5)2-4(6)7/h1-2H2,(H,5,6,7);2H2,1H3,(H,6,7). The zero-order valence-electron chi connectivity index (χ0n) is 7.70. The number of carbonyl (C=O) groups is 3. The first-order valence-electron chi connectivity index (χ1n) is 3.95. The number of Topliss-reactive ketones (excluding diaryl/α,β-unsaturated/α-hetero) is 1. The molecule has 1 saturated heterocycles. The first-order valence-corrected chi connectivity index (χ1v) is 4.36. The van der Waals surface area contributed by atoms with E-state index in [4.69, 9.17) is 5.11 Å². The molecule has 1 fully saturated rings. The Morgan fingerprint density at radius 3 is 1.93 bits per heavy atom. The van der Waals surface area contributed by atoms with Gasteiger partial charge in [-0.15, -0.1) is 0 Å². The maximum Gasteiger partial charge on any atom is 0.227 e. The van der Waals surface area contributed by atoms with Crippen LogP contribution in [-0.2, 0) is 14.4 Å². The van der Waals surface area contributed by atoms with E-state index in [0.717, 1.165) is 0 Å². The van der Waals surface area contributed by atoms with Gasteiger partial charge in [0.15, 0.2) is 5.05 Å². The van der Waals surface area contributed by atoms with Crippen molar-refractivity contribution in [1.29, 1.82) is 0 Å². The summed E-state index contributed by atoms with van der Waals surface area (Å²) in [6, 6.07) is 0. The molecule has 0 aromatic heterocycles. The fourth-order valence-corrected chi connectivity index (χ4v) is 0.924. The number of nitrogens with one attached hydrogen (secondary N) is 1. The summed E-state index contributed by atoms with van der Waals surface area (Å²) in [6.07, 6.45) is 0.757. The van der Waals surface area contributed by atoms with E-state index in [9.17, 15) is 14.4 Å². The number of hydrogen-bond donors (Lipinski definition) is 2. The molecule has 6 heteroatoms. The molecule has 1 heterocycles. The van der Waals surface area contributed by atoms with Gasteiger partial charge in [0.25, 0.3) is 0 Å². The Morgan fingerprint density at radius 2 is 1.86 bits per heavy atom. The Labute approximate surface area is 86.5 Å². The topological polar surface area (TPSA) is 83.5 Å². The molecule has 1 aliphatic heterocycles. The number of carbonyl (C=O) groups excluding carboxylic acids is 3. The third kappa shape index (κ3) is 7.35. The summed E-state index contributed by atoms with van der Waals surface area (Å²) < 4.78 is 0. The van der Waals surface area contributed by atoms with Crippen LogP contribution in [0.25, 0.3) is 0 Å². The normalized spacial score (nSPS) is 14.1. The first kappa shape index (κ1) is 12.7. The van der Waals surface area contributed by atoms with Crippen LogP contribution in [0.1, 0.15) is 26.2 Å². The molecule has 0 bridgehead atoms. The number of ketones is 1. The molecule has 0 aliphatic carbocycles. The molecule has 0 spiro atoms. The van der Waals surface area contributed by atoms with Crippen molar-refractivity contribution in [3.05, 3.63) is 0 Å². The monoisotopic (exact) mass is 217 g/mol. The van der Waals surface area contributed by atoms with Crippen molar-refractivity contribution in [1.82, 2.24) is 5.32 Å². The van der Waals surface area contributed by atoms with Crippen molar-refractivity contribution in [2.24, 2.45) is 0 Å². The highest BCUT2D eigenvalue weighted by Gasteiger charge is 2.15. The largest absolute Gasteiger partial charge is 0.502 e. The Bertz CT molecular complexity index is 249. The lowest BCUT2D eigenvalue weighted by molar-refractivity contribution is -0.124. The second-order valence-electron chi connectivity index (χ2n) is 2.74. The van der Waals surface area contributed by atoms with E-state index in [1.165, 1.54) is 6.92 Å². The van der Waals surface area contributed by atoms with Crippen LogP contribution in [0, 0.1) is 0 Å². The molecule has 0 aromatic carbocycles. The van der Waals surface area contributed by atoms with Crippen molar-refractivity contribution in [3.8, 4) is 0 Å². The third-order valence-electron chi connectivity index (χ3n) is 1.26. The number of aliphatic hydroxyl groups excluding tert-OH is 1. The van der Waals surface area contributed by atoms with Crippen LogP contribution in [0.5, 0.6) is 0 Å². The second kappa shape index (κ2) is 6.20. The van der Waals surface area contributed by atoms with Crippen molar-refractivity contribution in [3.63, 3.8) is 0 Å². The molecule has 2 N–H and O–H groups in total. The Hall–Kier alpha value is -1.30. The van der Waals surface area contributed by atoms with E-state index in [1.807, 2.05) is 0 Å². The summed E-state index contributed by atoms with van der Waals surface area (Å²) in [6.45, 7) is 1.38. The van der Waals surface area contributed by atoms with Gasteiger partial charge in [-0.05, 0) is 19.1 Å². The Kier molecular flexibility index (Phi) is 5.62. The summed E-state index contributed by atoms with van der Waals surface area (Å²) >= 11 is 4.21. The summed E-state index contributed by atoms with van der Waals surface area (Å²) in [4.78, 5) is 30.2. The average Bonchev–Trinajstić information content (AvgIpc) is 2.32. The molecule has 0 unspecified atom stereocenters. The molecule has 1 aliphatic rings. The van der Waals surface area contributed by atoms with Crippen LogP contribution in [0.4, 0.5) is 0 Å². The lowest BCUT2D eigenvalue weighted by atomic mass is 10.3. The number of aliphatic hydroxyl groups is 1. The summed E-state index contributed by atoms with van der Waals surface area (Å²) in [5.74, 6) is -0.400. The quantitative estimate of drug-likeness (QED) is 0.512. The van der Waals surface area contributed by atoms with Crippen molar-refractivity contribution < 1.29 is 19.5 Å². The predicted octanol–water partition coefficient (Wildman–Crippen LogP) is 0.274. The predicted molar refractivity (Wildman–Crippen MR) is 52.9 cm³/mol. The molecule has 78 valence electrons. The van der Waals surface area contributed by atoms with Crippen LogP contribution in [-0.4, -0.2) is 27.8 Å². The average molecular weight is 217 g/mol. The summed E-state index contributed by atoms with van der Waals surface area (Å²) in [5, 5.41) is 10.1. The molecule has 1 rings (SSSR count). The van der Waals surface area contributed by atoms with Gasteiger partial charge in [0.05, 0.1) is 6.42 Å². The minimum Gasteiger partial charge on any atom is -0.502 e. The zero-order valence-corrected chi connectivity index (χ0v) is 8.52. The minimum atomic E-state index is -0.229. The van der Waals surface area contributed by atoms with Gasteiger partial charge in [0.1, 0.15) is 5.78 Å². The fraction of sp³-hybridized carbons (Fsp3) is 0.500. The van der Waals surface area contributed by atoms with E-state index >= 15 is 0 Å². The van der Waals surface area contributed by atoms with E-state index in [1.54, 1.807) is 0 Å². The number of rotatable bonds is 2. The number of thiocarbonyl (C=S) groups is 1. The Balaban J connectivity index is 0.000000241. The van der Waals surface area contributed by atoms with Gasteiger partial charge in [-0.25, -0.2) is 0 Å². The molecule has 0 saturated carbocycles. The smallest absolute Gasteiger partial charge is 0.227 e. The molecule has 14 heavy (non-hydrogen) atoms. The van der Waals surface area contributed by atoms with Gasteiger partial charge >= 0.3 is 0 Å². The maximum absolute atomic E-state index is 10.1. The first-order chi connectivity index (χ1) is 6.41. The second-order valence-corrected chi connectivity index (χ2v) is 3.22. The van der Waals surface area contributed by atoms with Crippen molar-refractivity contribution >= 4 is 34.9 Å². The summed E-state index contributed by atoms with van der Waals surface area (Å²) in [5.41, 5.74) is 0. The van der Waals surface area contributed by atoms with E-state index in [0.29, 0.717) is 12.8 Å². The van der Waals surface area contributed by atoms with Crippen molar-refractivity contribution in [2.45, 2.75) is 26.2 Å².